The molecule has 7 heteroatoms. The predicted molar refractivity (Wildman–Crippen MR) is 110 cm³/mol. The van der Waals surface area contributed by atoms with Gasteiger partial charge in [0, 0.05) is 33.2 Å². The fourth-order valence-electron chi connectivity index (χ4n) is 4.06. The molecule has 0 unspecified atom stereocenters. The second-order valence-electron chi connectivity index (χ2n) is 7.63. The number of hydrogen-bond donors (Lipinski definition) is 0. The van der Waals surface area contributed by atoms with E-state index in [-0.39, 0.29) is 23.6 Å². The molecule has 156 valence electrons. The van der Waals surface area contributed by atoms with Gasteiger partial charge in [0.25, 0.3) is 5.91 Å². The Morgan fingerprint density at radius 1 is 0.900 bits per heavy atom. The van der Waals surface area contributed by atoms with E-state index < -0.39 is 0 Å². The maximum atomic E-state index is 13.5. The Balaban J connectivity index is 1.54. The van der Waals surface area contributed by atoms with Crippen molar-refractivity contribution in [3.05, 3.63) is 88.7 Å². The van der Waals surface area contributed by atoms with E-state index in [0.29, 0.717) is 31.9 Å². The lowest BCUT2D eigenvalue weighted by molar-refractivity contribution is 0.0587. The topological polar surface area (TPSA) is 41.4 Å². The maximum Gasteiger partial charge on any atom is 0.272 e. The highest BCUT2D eigenvalue weighted by Gasteiger charge is 2.29. The third-order valence-electron chi connectivity index (χ3n) is 5.56. The molecule has 5 nitrogen and oxygen atoms in total. The van der Waals surface area contributed by atoms with E-state index in [1.54, 1.807) is 42.1 Å². The van der Waals surface area contributed by atoms with Crippen LogP contribution in [0.2, 0.25) is 0 Å². The number of carbonyl (C=O) groups is 1. The van der Waals surface area contributed by atoms with Crippen molar-refractivity contribution in [2.24, 2.45) is 7.05 Å². The molecule has 1 saturated heterocycles. The Labute approximate surface area is 174 Å². The second-order valence-corrected chi connectivity index (χ2v) is 7.63. The third-order valence-corrected chi connectivity index (χ3v) is 5.56. The molecule has 2 aromatic carbocycles. The van der Waals surface area contributed by atoms with Gasteiger partial charge in [0.2, 0.25) is 0 Å². The van der Waals surface area contributed by atoms with Gasteiger partial charge in [0.05, 0.1) is 11.7 Å². The summed E-state index contributed by atoms with van der Waals surface area (Å²) in [5.41, 5.74) is 3.26. The zero-order valence-corrected chi connectivity index (χ0v) is 17.1. The molecule has 0 radical (unpaired) electrons. The Bertz CT molecular complexity index is 977. The van der Waals surface area contributed by atoms with Crippen molar-refractivity contribution >= 4 is 5.91 Å². The monoisotopic (exact) mass is 410 g/mol. The molecule has 1 fully saturated rings. The van der Waals surface area contributed by atoms with Crippen molar-refractivity contribution in [2.45, 2.75) is 13.0 Å². The zero-order chi connectivity index (χ0) is 21.3. The molecule has 0 aliphatic carbocycles. The number of piperazine rings is 1. The summed E-state index contributed by atoms with van der Waals surface area (Å²) in [5.74, 6) is -0.616. The average molecular weight is 410 g/mol. The van der Waals surface area contributed by atoms with Crippen LogP contribution in [0.1, 0.15) is 33.4 Å². The number of carbonyl (C=O) groups excluding carboxylic acids is 1. The standard InChI is InChI=1S/C23H24F2N4O/c1-16-15-21(27(2)26-16)23(30)29-13-11-28(12-14-29)22(17-3-7-19(24)8-4-17)18-5-9-20(25)10-6-18/h3-10,15,22H,11-14H2,1-2H3. The smallest absolute Gasteiger partial charge is 0.272 e. The van der Waals surface area contributed by atoms with Crippen LogP contribution in [-0.4, -0.2) is 51.7 Å². The molecule has 30 heavy (non-hydrogen) atoms. The van der Waals surface area contributed by atoms with Gasteiger partial charge in [-0.2, -0.15) is 5.10 Å². The van der Waals surface area contributed by atoms with Gasteiger partial charge in [-0.1, -0.05) is 24.3 Å². The molecule has 1 aromatic heterocycles. The van der Waals surface area contributed by atoms with E-state index in [1.165, 1.54) is 24.3 Å². The van der Waals surface area contributed by atoms with E-state index in [4.69, 9.17) is 0 Å². The first-order valence-electron chi connectivity index (χ1n) is 9.97. The number of hydrogen-bond acceptors (Lipinski definition) is 3. The minimum Gasteiger partial charge on any atom is -0.335 e. The minimum atomic E-state index is -0.293. The fourth-order valence-corrected chi connectivity index (χ4v) is 4.06. The minimum absolute atomic E-state index is 0.0298. The first-order valence-corrected chi connectivity index (χ1v) is 9.97. The highest BCUT2D eigenvalue weighted by Crippen LogP contribution is 2.30. The first kappa shape index (κ1) is 20.2. The number of rotatable bonds is 4. The summed E-state index contributed by atoms with van der Waals surface area (Å²) in [6.45, 7) is 4.32. The number of aryl methyl sites for hydroxylation is 2. The molecule has 0 N–H and O–H groups in total. The Kier molecular flexibility index (Phi) is 5.63. The van der Waals surface area contributed by atoms with Gasteiger partial charge < -0.3 is 4.90 Å². The normalized spacial score (nSPS) is 15.0. The van der Waals surface area contributed by atoms with E-state index in [0.717, 1.165) is 16.8 Å². The zero-order valence-electron chi connectivity index (χ0n) is 17.1. The predicted octanol–water partition coefficient (Wildman–Crippen LogP) is 3.55. The molecule has 1 aliphatic rings. The van der Waals surface area contributed by atoms with E-state index in [2.05, 4.69) is 10.00 Å². The van der Waals surface area contributed by atoms with Crippen molar-refractivity contribution in [1.82, 2.24) is 19.6 Å². The summed E-state index contributed by atoms with van der Waals surface area (Å²) >= 11 is 0. The van der Waals surface area contributed by atoms with Gasteiger partial charge >= 0.3 is 0 Å². The number of halogens is 2. The van der Waals surface area contributed by atoms with Gasteiger partial charge in [-0.05, 0) is 48.4 Å². The lowest BCUT2D eigenvalue weighted by Crippen LogP contribution is -2.50. The summed E-state index contributed by atoms with van der Waals surface area (Å²) in [6, 6.07) is 14.5. The van der Waals surface area contributed by atoms with Crippen LogP contribution in [0.25, 0.3) is 0 Å². The van der Waals surface area contributed by atoms with Crippen molar-refractivity contribution in [2.75, 3.05) is 26.2 Å². The van der Waals surface area contributed by atoms with E-state index in [9.17, 15) is 13.6 Å². The Morgan fingerprint density at radius 2 is 1.40 bits per heavy atom. The molecule has 1 amide bonds. The highest BCUT2D eigenvalue weighted by molar-refractivity contribution is 5.92. The molecular formula is C23H24F2N4O. The third kappa shape index (κ3) is 4.11. The van der Waals surface area contributed by atoms with Crippen molar-refractivity contribution < 1.29 is 13.6 Å². The summed E-state index contributed by atoms with van der Waals surface area (Å²) in [6.07, 6.45) is 0. The van der Waals surface area contributed by atoms with Crippen molar-refractivity contribution in [3.63, 3.8) is 0 Å². The summed E-state index contributed by atoms with van der Waals surface area (Å²) < 4.78 is 28.6. The molecule has 2 heterocycles. The van der Waals surface area contributed by atoms with Crippen LogP contribution in [0.3, 0.4) is 0 Å². The van der Waals surface area contributed by atoms with Crippen molar-refractivity contribution in [1.29, 1.82) is 0 Å². The number of nitrogens with zero attached hydrogens (tertiary/aromatic N) is 4. The quantitative estimate of drug-likeness (QED) is 0.661. The van der Waals surface area contributed by atoms with Gasteiger partial charge in [0.15, 0.2) is 0 Å². The number of aromatic nitrogens is 2. The van der Waals surface area contributed by atoms with Gasteiger partial charge in [0.1, 0.15) is 17.3 Å². The van der Waals surface area contributed by atoms with Crippen molar-refractivity contribution in [3.8, 4) is 0 Å². The van der Waals surface area contributed by atoms with Crippen LogP contribution < -0.4 is 0 Å². The Morgan fingerprint density at radius 3 is 1.83 bits per heavy atom. The molecule has 0 saturated carbocycles. The van der Waals surface area contributed by atoms with Crippen LogP contribution >= 0.6 is 0 Å². The molecule has 0 spiro atoms. The largest absolute Gasteiger partial charge is 0.335 e. The molecule has 3 aromatic rings. The maximum absolute atomic E-state index is 13.5. The summed E-state index contributed by atoms with van der Waals surface area (Å²) in [4.78, 5) is 17.0. The van der Waals surface area contributed by atoms with Crippen LogP contribution in [0.5, 0.6) is 0 Å². The van der Waals surface area contributed by atoms with Crippen LogP contribution in [-0.2, 0) is 7.05 Å². The fraction of sp³-hybridized carbons (Fsp3) is 0.304. The average Bonchev–Trinajstić information content (AvgIpc) is 3.09. The molecule has 0 atom stereocenters. The lowest BCUT2D eigenvalue weighted by Gasteiger charge is -2.39. The van der Waals surface area contributed by atoms with Gasteiger partial charge in [-0.15, -0.1) is 0 Å². The van der Waals surface area contributed by atoms with Gasteiger partial charge in [-0.3, -0.25) is 14.4 Å². The molecular weight excluding hydrogens is 386 g/mol. The lowest BCUT2D eigenvalue weighted by atomic mass is 9.96. The highest BCUT2D eigenvalue weighted by atomic mass is 19.1. The molecule has 1 aliphatic heterocycles. The van der Waals surface area contributed by atoms with E-state index in [1.807, 2.05) is 11.8 Å². The van der Waals surface area contributed by atoms with Crippen LogP contribution in [0, 0.1) is 18.6 Å². The SMILES string of the molecule is Cc1cc(C(=O)N2CCN(C(c3ccc(F)cc3)c3ccc(F)cc3)CC2)n(C)n1. The van der Waals surface area contributed by atoms with Gasteiger partial charge in [-0.25, -0.2) is 8.78 Å². The number of benzene rings is 2. The second kappa shape index (κ2) is 8.36. The molecule has 4 rings (SSSR count). The van der Waals surface area contributed by atoms with Crippen LogP contribution in [0.15, 0.2) is 54.6 Å². The molecule has 0 bridgehead atoms. The first-order chi connectivity index (χ1) is 14.4. The number of amides is 1. The summed E-state index contributed by atoms with van der Waals surface area (Å²) in [5, 5.41) is 4.26. The van der Waals surface area contributed by atoms with E-state index >= 15 is 0 Å². The van der Waals surface area contributed by atoms with Crippen LogP contribution in [0.4, 0.5) is 8.78 Å². The Hall–Kier alpha value is -3.06. The summed E-state index contributed by atoms with van der Waals surface area (Å²) in [7, 11) is 1.77.